The molecule has 10 nitrogen and oxygen atoms in total. The Morgan fingerprint density at radius 1 is 1.22 bits per heavy atom. The maximum atomic E-state index is 12.5. The van der Waals surface area contributed by atoms with Gasteiger partial charge in [-0.2, -0.15) is 0 Å². The number of carbonyl (C=O) groups excluding carboxylic acids is 4. The number of nitrogens with one attached hydrogen (secondary N) is 1. The van der Waals surface area contributed by atoms with Gasteiger partial charge in [-0.15, -0.1) is 6.58 Å². The molecule has 1 unspecified atom stereocenters. The summed E-state index contributed by atoms with van der Waals surface area (Å²) in [5.74, 6) is -2.73. The molecule has 32 heavy (non-hydrogen) atoms. The molecule has 0 aliphatic carbocycles. The SMILES string of the molecule is C=CCN1C(=O)c2ccc(C(=O)OC(C)C(=O)Nc3cc([N+](=O)[O-])ccc3Cl)cc2C1=O. The molecule has 0 fully saturated rings. The molecule has 0 aromatic heterocycles. The molecule has 1 heterocycles. The molecule has 164 valence electrons. The average Bonchev–Trinajstić information content (AvgIpc) is 2.99. The first-order valence-corrected chi connectivity index (χ1v) is 9.58. The first-order valence-electron chi connectivity index (χ1n) is 9.21. The Kier molecular flexibility index (Phi) is 6.35. The van der Waals surface area contributed by atoms with E-state index in [1.165, 1.54) is 43.3 Å². The third kappa shape index (κ3) is 4.35. The molecular weight excluding hydrogens is 442 g/mol. The smallest absolute Gasteiger partial charge is 0.338 e. The highest BCUT2D eigenvalue weighted by atomic mass is 35.5. The minimum Gasteiger partial charge on any atom is -0.449 e. The van der Waals surface area contributed by atoms with E-state index >= 15 is 0 Å². The van der Waals surface area contributed by atoms with Gasteiger partial charge in [0.15, 0.2) is 6.10 Å². The second kappa shape index (κ2) is 8.98. The number of anilines is 1. The average molecular weight is 458 g/mol. The van der Waals surface area contributed by atoms with Crippen molar-refractivity contribution in [1.82, 2.24) is 4.90 Å². The van der Waals surface area contributed by atoms with Gasteiger partial charge >= 0.3 is 5.97 Å². The number of benzene rings is 2. The lowest BCUT2D eigenvalue weighted by molar-refractivity contribution is -0.384. The monoisotopic (exact) mass is 457 g/mol. The number of rotatable bonds is 7. The van der Waals surface area contributed by atoms with Gasteiger partial charge in [0.25, 0.3) is 23.4 Å². The number of carbonyl (C=O) groups is 4. The molecule has 0 spiro atoms. The normalized spacial score (nSPS) is 13.4. The van der Waals surface area contributed by atoms with Gasteiger partial charge in [-0.3, -0.25) is 29.4 Å². The van der Waals surface area contributed by atoms with Gasteiger partial charge in [0.1, 0.15) is 0 Å². The topological polar surface area (TPSA) is 136 Å². The number of hydrogen-bond donors (Lipinski definition) is 1. The van der Waals surface area contributed by atoms with E-state index < -0.39 is 34.7 Å². The molecule has 1 aliphatic rings. The quantitative estimate of drug-likeness (QED) is 0.221. The van der Waals surface area contributed by atoms with Crippen LogP contribution in [0, 0.1) is 10.1 Å². The number of fused-ring (bicyclic) bond motifs is 1. The van der Waals surface area contributed by atoms with Crippen molar-refractivity contribution in [2.24, 2.45) is 0 Å². The van der Waals surface area contributed by atoms with Gasteiger partial charge in [0.2, 0.25) is 0 Å². The number of hydrogen-bond acceptors (Lipinski definition) is 7. The maximum Gasteiger partial charge on any atom is 0.338 e. The van der Waals surface area contributed by atoms with Crippen molar-refractivity contribution < 1.29 is 28.8 Å². The Balaban J connectivity index is 1.72. The minimum absolute atomic E-state index is 0.0160. The molecule has 0 saturated heterocycles. The minimum atomic E-state index is -1.29. The highest BCUT2D eigenvalue weighted by molar-refractivity contribution is 6.33. The van der Waals surface area contributed by atoms with E-state index in [4.69, 9.17) is 16.3 Å². The number of amides is 3. The zero-order valence-corrected chi connectivity index (χ0v) is 17.4. The molecule has 11 heteroatoms. The van der Waals surface area contributed by atoms with Gasteiger partial charge in [-0.1, -0.05) is 17.7 Å². The van der Waals surface area contributed by atoms with Crippen LogP contribution in [0.4, 0.5) is 11.4 Å². The number of esters is 1. The van der Waals surface area contributed by atoms with Crippen molar-refractivity contribution in [3.8, 4) is 0 Å². The molecule has 1 N–H and O–H groups in total. The van der Waals surface area contributed by atoms with Gasteiger partial charge in [0, 0.05) is 18.7 Å². The lowest BCUT2D eigenvalue weighted by atomic mass is 10.1. The van der Waals surface area contributed by atoms with Gasteiger partial charge < -0.3 is 10.1 Å². The van der Waals surface area contributed by atoms with E-state index in [-0.39, 0.29) is 39.6 Å². The lowest BCUT2D eigenvalue weighted by Crippen LogP contribution is -2.30. The van der Waals surface area contributed by atoms with Gasteiger partial charge in [0.05, 0.1) is 32.3 Å². The summed E-state index contributed by atoms with van der Waals surface area (Å²) in [5, 5.41) is 13.3. The summed E-state index contributed by atoms with van der Waals surface area (Å²) >= 11 is 5.95. The number of ether oxygens (including phenoxy) is 1. The maximum absolute atomic E-state index is 12.5. The second-order valence-electron chi connectivity index (χ2n) is 6.73. The molecule has 0 saturated carbocycles. The molecule has 3 amide bonds. The summed E-state index contributed by atoms with van der Waals surface area (Å²) < 4.78 is 5.13. The van der Waals surface area contributed by atoms with Crippen LogP contribution in [-0.4, -0.2) is 46.2 Å². The summed E-state index contributed by atoms with van der Waals surface area (Å²) in [4.78, 5) is 60.7. The molecule has 2 aromatic rings. The molecule has 2 aromatic carbocycles. The van der Waals surface area contributed by atoms with E-state index in [1.54, 1.807) is 0 Å². The highest BCUT2D eigenvalue weighted by Crippen LogP contribution is 2.27. The highest BCUT2D eigenvalue weighted by Gasteiger charge is 2.35. The van der Waals surface area contributed by atoms with Crippen molar-refractivity contribution in [2.75, 3.05) is 11.9 Å². The summed E-state index contributed by atoms with van der Waals surface area (Å²) in [5.41, 5.74) is -0.125. The predicted octanol–water partition coefficient (Wildman–Crippen LogP) is 3.21. The first-order chi connectivity index (χ1) is 15.1. The first kappa shape index (κ1) is 22.6. The Labute approximate surface area is 186 Å². The van der Waals surface area contributed by atoms with Crippen LogP contribution >= 0.6 is 11.6 Å². The van der Waals surface area contributed by atoms with E-state index in [0.29, 0.717) is 0 Å². The standard InChI is InChI=1S/C21H16ClN3O7/c1-3-8-24-19(27)14-6-4-12(9-15(14)20(24)28)21(29)32-11(2)18(26)23-17-10-13(25(30)31)5-7-16(17)22/h3-7,9-11H,1,8H2,2H3,(H,23,26). The second-order valence-corrected chi connectivity index (χ2v) is 7.14. The fraction of sp³-hybridized carbons (Fsp3) is 0.143. The van der Waals surface area contributed by atoms with Crippen LogP contribution in [0.15, 0.2) is 49.1 Å². The fourth-order valence-electron chi connectivity index (χ4n) is 2.95. The number of nitro benzene ring substituents is 1. The lowest BCUT2D eigenvalue weighted by Gasteiger charge is -2.14. The van der Waals surface area contributed by atoms with Crippen LogP contribution in [-0.2, 0) is 9.53 Å². The van der Waals surface area contributed by atoms with E-state index in [9.17, 15) is 29.3 Å². The third-order valence-corrected chi connectivity index (χ3v) is 4.92. The summed E-state index contributed by atoms with van der Waals surface area (Å²) in [6, 6.07) is 7.38. The van der Waals surface area contributed by atoms with Crippen LogP contribution in [0.5, 0.6) is 0 Å². The molecular formula is C21H16ClN3O7. The molecule has 0 radical (unpaired) electrons. The zero-order valence-electron chi connectivity index (χ0n) is 16.7. The molecule has 1 aliphatic heterocycles. The van der Waals surface area contributed by atoms with Crippen molar-refractivity contribution >= 4 is 46.7 Å². The molecule has 1 atom stereocenters. The number of nitrogens with zero attached hydrogens (tertiary/aromatic N) is 2. The van der Waals surface area contributed by atoms with Crippen molar-refractivity contribution in [3.63, 3.8) is 0 Å². The Hall–Kier alpha value is -4.05. The zero-order chi connectivity index (χ0) is 23.6. The van der Waals surface area contributed by atoms with Crippen LogP contribution < -0.4 is 5.32 Å². The van der Waals surface area contributed by atoms with E-state index in [2.05, 4.69) is 11.9 Å². The Morgan fingerprint density at radius 2 is 1.91 bits per heavy atom. The fourth-order valence-corrected chi connectivity index (χ4v) is 3.12. The predicted molar refractivity (Wildman–Crippen MR) is 114 cm³/mol. The van der Waals surface area contributed by atoms with Crippen molar-refractivity contribution in [1.29, 1.82) is 0 Å². The summed E-state index contributed by atoms with van der Waals surface area (Å²) in [6.45, 7) is 4.83. The third-order valence-electron chi connectivity index (χ3n) is 4.59. The number of halogens is 1. The van der Waals surface area contributed by atoms with Gasteiger partial charge in [-0.05, 0) is 31.2 Å². The molecule has 3 rings (SSSR count). The van der Waals surface area contributed by atoms with E-state index in [1.807, 2.05) is 0 Å². The van der Waals surface area contributed by atoms with Crippen LogP contribution in [0.25, 0.3) is 0 Å². The Bertz CT molecular complexity index is 1180. The van der Waals surface area contributed by atoms with Crippen LogP contribution in [0.1, 0.15) is 38.0 Å². The Morgan fingerprint density at radius 3 is 2.56 bits per heavy atom. The summed E-state index contributed by atoms with van der Waals surface area (Å²) in [7, 11) is 0. The van der Waals surface area contributed by atoms with Crippen LogP contribution in [0.2, 0.25) is 5.02 Å². The summed E-state index contributed by atoms with van der Waals surface area (Å²) in [6.07, 6.45) is 0.116. The number of non-ortho nitro benzene ring substituents is 1. The van der Waals surface area contributed by atoms with Crippen molar-refractivity contribution in [2.45, 2.75) is 13.0 Å². The van der Waals surface area contributed by atoms with Crippen molar-refractivity contribution in [3.05, 3.63) is 80.9 Å². The number of nitro groups is 1. The van der Waals surface area contributed by atoms with Gasteiger partial charge in [-0.25, -0.2) is 4.79 Å². The van der Waals surface area contributed by atoms with Crippen LogP contribution in [0.3, 0.4) is 0 Å². The molecule has 0 bridgehead atoms. The largest absolute Gasteiger partial charge is 0.449 e. The van der Waals surface area contributed by atoms with E-state index in [0.717, 1.165) is 11.0 Å². The number of imide groups is 1.